The maximum absolute atomic E-state index is 5.79. The largest absolute Gasteiger partial charge is 0.370 e. The minimum Gasteiger partial charge on any atom is -0.370 e. The number of anilines is 2. The predicted octanol–water partition coefficient (Wildman–Crippen LogP) is 2.95. The number of hydrogen-bond donors (Lipinski definition) is 0. The number of nitrogens with zero attached hydrogens (tertiary/aromatic N) is 7. The average molecular weight is 377 g/mol. The first-order valence-corrected chi connectivity index (χ1v) is 9.43. The van der Waals surface area contributed by atoms with Gasteiger partial charge >= 0.3 is 6.01 Å². The Morgan fingerprint density at radius 3 is 2.93 bits per heavy atom. The van der Waals surface area contributed by atoms with E-state index >= 15 is 0 Å². The summed E-state index contributed by atoms with van der Waals surface area (Å²) in [4.78, 5) is 13.7. The maximum Gasteiger partial charge on any atom is 0.348 e. The molecule has 1 aromatic carbocycles. The van der Waals surface area contributed by atoms with Gasteiger partial charge < -0.3 is 9.26 Å². The van der Waals surface area contributed by atoms with E-state index in [1.54, 1.807) is 24.8 Å². The number of hydrazine groups is 1. The van der Waals surface area contributed by atoms with Crippen LogP contribution in [0.4, 0.5) is 11.8 Å². The quantitative estimate of drug-likeness (QED) is 0.694. The number of aliphatic imine (C=N–C) groups is 1. The van der Waals surface area contributed by atoms with Crippen LogP contribution in [-0.4, -0.2) is 33.1 Å². The van der Waals surface area contributed by atoms with Crippen molar-refractivity contribution in [1.29, 1.82) is 0 Å². The zero-order valence-electron chi connectivity index (χ0n) is 15.4. The lowest BCUT2D eigenvalue weighted by molar-refractivity contribution is -0.0178. The average Bonchev–Trinajstić information content (AvgIpc) is 3.53. The lowest BCUT2D eigenvalue weighted by Gasteiger charge is -2.35. The van der Waals surface area contributed by atoms with Crippen LogP contribution in [0.1, 0.15) is 43.2 Å². The highest BCUT2D eigenvalue weighted by atomic mass is 16.5. The summed E-state index contributed by atoms with van der Waals surface area (Å²) in [6.45, 7) is 0. The first-order chi connectivity index (χ1) is 13.8. The minimum atomic E-state index is -0.450. The molecule has 9 heteroatoms. The van der Waals surface area contributed by atoms with E-state index in [1.165, 1.54) is 0 Å². The third-order valence-electron chi connectivity index (χ3n) is 5.93. The molecule has 0 spiro atoms. The smallest absolute Gasteiger partial charge is 0.348 e. The molecule has 1 saturated carbocycles. The van der Waals surface area contributed by atoms with E-state index in [-0.39, 0.29) is 6.17 Å². The molecule has 142 valence electrons. The highest BCUT2D eigenvalue weighted by Gasteiger charge is 2.43. The fourth-order valence-corrected chi connectivity index (χ4v) is 4.48. The van der Waals surface area contributed by atoms with Gasteiger partial charge in [0.25, 0.3) is 0 Å². The number of para-hydroxylation sites is 1. The summed E-state index contributed by atoms with van der Waals surface area (Å²) in [6, 6.07) is 8.56. The first kappa shape index (κ1) is 15.8. The molecule has 9 nitrogen and oxygen atoms in total. The third kappa shape index (κ3) is 1.99. The normalized spacial score (nSPS) is 21.7. The first-order valence-electron chi connectivity index (χ1n) is 9.43. The molecule has 1 unspecified atom stereocenters. The summed E-state index contributed by atoms with van der Waals surface area (Å²) in [5, 5.41) is 8.06. The Morgan fingerprint density at radius 2 is 2.07 bits per heavy atom. The van der Waals surface area contributed by atoms with Crippen LogP contribution in [-0.2, 0) is 10.3 Å². The number of rotatable bonds is 3. The second kappa shape index (κ2) is 5.65. The molecule has 0 bridgehead atoms. The van der Waals surface area contributed by atoms with E-state index in [2.05, 4.69) is 27.3 Å². The molecule has 1 atom stereocenters. The van der Waals surface area contributed by atoms with Crippen molar-refractivity contribution >= 4 is 18.2 Å². The van der Waals surface area contributed by atoms with Crippen molar-refractivity contribution in [2.45, 2.75) is 37.5 Å². The fourth-order valence-electron chi connectivity index (χ4n) is 4.48. The molecule has 0 N–H and O–H groups in total. The molecular weight excluding hydrogens is 358 g/mol. The van der Waals surface area contributed by atoms with Crippen LogP contribution < -0.4 is 10.0 Å². The Kier molecular flexibility index (Phi) is 3.19. The van der Waals surface area contributed by atoms with E-state index in [9.17, 15) is 0 Å². The molecule has 0 amide bonds. The molecule has 0 radical (unpaired) electrons. The molecular formula is C19H19N7O2. The SMILES string of the molecule is COC1(c2noc(N3C=NC4c5ccccc5-n5cncc5N43)n2)CCCC1. The molecule has 3 aromatic rings. The van der Waals surface area contributed by atoms with E-state index in [0.29, 0.717) is 11.8 Å². The van der Waals surface area contributed by atoms with Crippen molar-refractivity contribution in [2.75, 3.05) is 17.1 Å². The third-order valence-corrected chi connectivity index (χ3v) is 5.93. The highest BCUT2D eigenvalue weighted by Crippen LogP contribution is 2.44. The summed E-state index contributed by atoms with van der Waals surface area (Å²) >= 11 is 0. The molecule has 4 heterocycles. The lowest BCUT2D eigenvalue weighted by atomic mass is 10.0. The summed E-state index contributed by atoms with van der Waals surface area (Å²) in [5.74, 6) is 1.49. The second-order valence-corrected chi connectivity index (χ2v) is 7.31. The topological polar surface area (TPSA) is 84.8 Å². The van der Waals surface area contributed by atoms with E-state index < -0.39 is 5.60 Å². The molecule has 1 fully saturated rings. The Hall–Kier alpha value is -3.20. The number of aromatic nitrogens is 4. The molecule has 3 aliphatic rings. The summed E-state index contributed by atoms with van der Waals surface area (Å²) in [7, 11) is 1.72. The molecule has 28 heavy (non-hydrogen) atoms. The summed E-state index contributed by atoms with van der Waals surface area (Å²) < 4.78 is 13.5. The summed E-state index contributed by atoms with van der Waals surface area (Å²) in [5.41, 5.74) is 1.72. The van der Waals surface area contributed by atoms with Crippen molar-refractivity contribution in [3.05, 3.63) is 48.2 Å². The van der Waals surface area contributed by atoms with Gasteiger partial charge in [0.1, 0.15) is 18.3 Å². The van der Waals surface area contributed by atoms with Crippen molar-refractivity contribution in [3.63, 3.8) is 0 Å². The van der Waals surface area contributed by atoms with Crippen LogP contribution in [0, 0.1) is 0 Å². The zero-order chi connectivity index (χ0) is 18.7. The Labute approximate surface area is 161 Å². The van der Waals surface area contributed by atoms with Gasteiger partial charge in [-0.3, -0.25) is 4.57 Å². The van der Waals surface area contributed by atoms with Crippen LogP contribution in [0.5, 0.6) is 0 Å². The van der Waals surface area contributed by atoms with Gasteiger partial charge in [-0.05, 0) is 31.7 Å². The minimum absolute atomic E-state index is 0.196. The number of imidazole rings is 1. The van der Waals surface area contributed by atoms with Gasteiger partial charge in [-0.25, -0.2) is 15.0 Å². The number of methoxy groups -OCH3 is 1. The van der Waals surface area contributed by atoms with E-state index in [1.807, 2.05) is 27.9 Å². The zero-order valence-corrected chi connectivity index (χ0v) is 15.4. The Balaban J connectivity index is 1.41. The fraction of sp³-hybridized carbons (Fsp3) is 0.368. The van der Waals surface area contributed by atoms with Gasteiger partial charge in [0.2, 0.25) is 5.82 Å². The molecule has 0 saturated heterocycles. The molecule has 1 aliphatic carbocycles. The van der Waals surface area contributed by atoms with Gasteiger partial charge in [-0.1, -0.05) is 23.4 Å². The van der Waals surface area contributed by atoms with E-state index in [4.69, 9.17) is 14.3 Å². The standard InChI is InChI=1S/C19H19N7O2/c1-27-19(8-4-5-9-19)17-22-18(28-23-17)25-12-21-16-13-6-2-3-7-14(13)24-11-20-10-15(24)26(16)25/h2-3,6-7,10-12,16H,4-5,8-9H2,1H3. The monoisotopic (exact) mass is 377 g/mol. The second-order valence-electron chi connectivity index (χ2n) is 7.31. The van der Waals surface area contributed by atoms with Gasteiger partial charge in [-0.15, -0.1) is 0 Å². The highest BCUT2D eigenvalue weighted by molar-refractivity contribution is 5.84. The van der Waals surface area contributed by atoms with Crippen molar-refractivity contribution in [2.24, 2.45) is 4.99 Å². The lowest BCUT2D eigenvalue weighted by Crippen LogP contribution is -2.42. The van der Waals surface area contributed by atoms with Crippen LogP contribution in [0.25, 0.3) is 5.69 Å². The molecule has 6 rings (SSSR count). The van der Waals surface area contributed by atoms with Crippen LogP contribution in [0.3, 0.4) is 0 Å². The van der Waals surface area contributed by atoms with Crippen LogP contribution in [0.2, 0.25) is 0 Å². The van der Waals surface area contributed by atoms with Crippen molar-refractivity contribution in [1.82, 2.24) is 19.7 Å². The van der Waals surface area contributed by atoms with Gasteiger partial charge in [0.05, 0.1) is 11.9 Å². The number of fused-ring (bicyclic) bond motifs is 6. The van der Waals surface area contributed by atoms with Gasteiger partial charge in [0.15, 0.2) is 12.0 Å². The van der Waals surface area contributed by atoms with Crippen molar-refractivity contribution in [3.8, 4) is 5.69 Å². The van der Waals surface area contributed by atoms with Gasteiger partial charge in [0, 0.05) is 12.7 Å². The number of ether oxygens (including phenoxy) is 1. The van der Waals surface area contributed by atoms with Gasteiger partial charge in [-0.2, -0.15) is 9.99 Å². The van der Waals surface area contributed by atoms with E-state index in [0.717, 1.165) is 42.8 Å². The predicted molar refractivity (Wildman–Crippen MR) is 101 cm³/mol. The Bertz CT molecular complexity index is 1070. The summed E-state index contributed by atoms with van der Waals surface area (Å²) in [6.07, 6.45) is 9.18. The number of hydrogen-bond acceptors (Lipinski definition) is 8. The Morgan fingerprint density at radius 1 is 1.21 bits per heavy atom. The molecule has 2 aromatic heterocycles. The molecule has 2 aliphatic heterocycles. The van der Waals surface area contributed by atoms with Crippen LogP contribution in [0.15, 0.2) is 46.3 Å². The maximum atomic E-state index is 5.79. The number of benzene rings is 1. The van der Waals surface area contributed by atoms with Crippen LogP contribution >= 0.6 is 0 Å². The van der Waals surface area contributed by atoms with Crippen molar-refractivity contribution < 1.29 is 9.26 Å².